The fraction of sp³-hybridized carbons (Fsp3) is 0.0784. The Labute approximate surface area is 667 Å². The number of hydrogen-bond acceptors (Lipinski definition) is 0. The SMILES string of the molecule is CC1=[C-]C(C)([Si](c2c(C)c(-c3ccccc3)c(-c3ccccc3)c(-c3ccccc3)c2-c2ccccc2)(c2c(C)c(-c3ccccc3)c(-c3ccccc3)c(-c3ccccc3)c2-c2ccccc2)c2c(C)c(-c3ccccc3)c(-c3ccccc3)c(-c3ccccc3)c2-c2ccccc2)C(C)=C1C.[Cl-].[Cl-].[Cl-].[Ti+4]. The predicted octanol–water partition coefficient (Wildman–Crippen LogP) is 17.0. The van der Waals surface area contributed by atoms with Gasteiger partial charge in [-0.1, -0.05) is 390 Å². The molecule has 0 heterocycles. The van der Waals surface area contributed by atoms with Crippen molar-refractivity contribution in [2.24, 2.45) is 0 Å². The Hall–Kier alpha value is -10.4. The van der Waals surface area contributed by atoms with Crippen molar-refractivity contribution in [3.05, 3.63) is 403 Å². The summed E-state index contributed by atoms with van der Waals surface area (Å²) >= 11 is 0. The van der Waals surface area contributed by atoms with Crippen LogP contribution in [0, 0.1) is 26.8 Å². The van der Waals surface area contributed by atoms with E-state index in [1.807, 2.05) is 0 Å². The molecule has 0 aliphatic heterocycles. The fourth-order valence-corrected chi connectivity index (χ4v) is 25.1. The molecule has 0 amide bonds. The van der Waals surface area contributed by atoms with Gasteiger partial charge in [-0.25, -0.2) is 5.57 Å². The van der Waals surface area contributed by atoms with E-state index in [0.717, 1.165) is 66.8 Å². The van der Waals surface area contributed by atoms with Crippen LogP contribution in [0.25, 0.3) is 134 Å². The molecule has 5 heteroatoms. The first-order valence-electron chi connectivity index (χ1n) is 36.2. The smallest absolute Gasteiger partial charge is 1.00 e. The van der Waals surface area contributed by atoms with Gasteiger partial charge in [0.05, 0.1) is 0 Å². The monoisotopic (exact) mass is 1490 g/mol. The van der Waals surface area contributed by atoms with Crippen LogP contribution >= 0.6 is 0 Å². The van der Waals surface area contributed by atoms with Crippen molar-refractivity contribution in [2.75, 3.05) is 0 Å². The molecular formula is C102H81Cl3SiTi. The molecule has 0 spiro atoms. The molecule has 0 radical (unpaired) electrons. The van der Waals surface area contributed by atoms with Crippen LogP contribution in [0.1, 0.15) is 44.4 Å². The van der Waals surface area contributed by atoms with E-state index in [4.69, 9.17) is 6.08 Å². The molecule has 15 aromatic carbocycles. The van der Waals surface area contributed by atoms with Gasteiger partial charge in [-0.3, -0.25) is 6.08 Å². The van der Waals surface area contributed by atoms with Gasteiger partial charge in [0.15, 0.2) is 0 Å². The minimum atomic E-state index is -4.62. The molecular weight excluding hydrogens is 1410 g/mol. The van der Waals surface area contributed by atoms with Gasteiger partial charge in [0, 0.05) is 0 Å². The molecule has 0 bridgehead atoms. The standard InChI is InChI=1S/C102H81Si.3ClH.Ti/c1-69-68-102(7,74(6)70(69)2)103(99-71(3)87(75-44-20-8-21-45-75)90(78-50-26-11-27-51-78)93(81-56-32-14-33-57-81)96(99)84-62-38-17-39-63-84,100-72(4)88(76-46-22-9-23-47-76)91(79-52-28-12-29-53-79)94(82-58-34-15-35-59-82)97(100)85-64-40-18-41-65-85)101-73(5)89(77-48-24-10-25-49-77)92(80-54-30-13-31-55-80)95(83-60-36-16-37-61-83)98(101)86-66-42-19-43-67-86;;;;/h8-67H,1-7H3;3*1H;/q-1;;;;+4/p-3. The Morgan fingerprint density at radius 2 is 0.346 bits per heavy atom. The molecule has 0 N–H and O–H groups in total. The maximum Gasteiger partial charge on any atom is 4.00 e. The van der Waals surface area contributed by atoms with Crippen molar-refractivity contribution in [2.45, 2.75) is 53.5 Å². The first-order valence-corrected chi connectivity index (χ1v) is 38.2. The Balaban J connectivity index is 0.00000268. The van der Waals surface area contributed by atoms with Gasteiger partial charge in [0.25, 0.3) is 0 Å². The van der Waals surface area contributed by atoms with Gasteiger partial charge >= 0.3 is 21.7 Å². The number of benzene rings is 15. The molecule has 1 atom stereocenters. The molecule has 1 aliphatic carbocycles. The van der Waals surface area contributed by atoms with E-state index in [2.05, 4.69) is 412 Å². The van der Waals surface area contributed by atoms with E-state index in [1.54, 1.807) is 0 Å². The van der Waals surface area contributed by atoms with Gasteiger partial charge in [0.1, 0.15) is 8.07 Å². The number of rotatable bonds is 16. The molecule has 0 aromatic heterocycles. The van der Waals surface area contributed by atoms with Crippen LogP contribution in [0.2, 0.25) is 5.04 Å². The van der Waals surface area contributed by atoms with E-state index in [1.165, 1.54) is 116 Å². The van der Waals surface area contributed by atoms with E-state index in [-0.39, 0.29) is 58.9 Å². The number of allylic oxidation sites excluding steroid dienone is 4. The first kappa shape index (κ1) is 76.2. The van der Waals surface area contributed by atoms with Crippen LogP contribution in [0.5, 0.6) is 0 Å². The van der Waals surface area contributed by atoms with Crippen LogP contribution in [0.4, 0.5) is 0 Å². The summed E-state index contributed by atoms with van der Waals surface area (Å²) in [6.07, 6.45) is 4.78. The Morgan fingerprint density at radius 1 is 0.206 bits per heavy atom. The second-order valence-electron chi connectivity index (χ2n) is 27.8. The summed E-state index contributed by atoms with van der Waals surface area (Å²) in [6, 6.07) is 137. The molecule has 518 valence electrons. The third-order valence-electron chi connectivity index (χ3n) is 22.2. The molecule has 0 saturated heterocycles. The first-order chi connectivity index (χ1) is 50.6. The van der Waals surface area contributed by atoms with Crippen molar-refractivity contribution in [3.8, 4) is 134 Å². The summed E-state index contributed by atoms with van der Waals surface area (Å²) in [6.45, 7) is 17.5. The van der Waals surface area contributed by atoms with Gasteiger partial charge in [0.2, 0.25) is 0 Å². The quantitative estimate of drug-likeness (QED) is 0.0514. The molecule has 16 rings (SSSR count). The van der Waals surface area contributed by atoms with E-state index in [9.17, 15) is 0 Å². The topological polar surface area (TPSA) is 0 Å². The minimum absolute atomic E-state index is 0. The van der Waals surface area contributed by atoms with Crippen molar-refractivity contribution in [1.29, 1.82) is 0 Å². The predicted molar refractivity (Wildman–Crippen MR) is 443 cm³/mol. The Bertz CT molecular complexity index is 5140. The zero-order valence-corrected chi connectivity index (χ0v) is 66.1. The van der Waals surface area contributed by atoms with Crippen molar-refractivity contribution in [1.82, 2.24) is 0 Å². The maximum atomic E-state index is 4.78. The molecule has 1 unspecified atom stereocenters. The van der Waals surface area contributed by atoms with Gasteiger partial charge in [-0.2, -0.15) is 11.1 Å². The number of hydrogen-bond donors (Lipinski definition) is 0. The Kier molecular flexibility index (Phi) is 23.3. The summed E-state index contributed by atoms with van der Waals surface area (Å²) < 4.78 is 0. The molecule has 107 heavy (non-hydrogen) atoms. The molecule has 0 nitrogen and oxygen atoms in total. The summed E-state index contributed by atoms with van der Waals surface area (Å²) in [7, 11) is -4.62. The third-order valence-corrected chi connectivity index (χ3v) is 28.3. The summed E-state index contributed by atoms with van der Waals surface area (Å²) in [5, 5.41) is 3.08. The van der Waals surface area contributed by atoms with Crippen LogP contribution in [0.3, 0.4) is 0 Å². The average Bonchev–Trinajstić information content (AvgIpc) is 1.62. The van der Waals surface area contributed by atoms with Crippen LogP contribution in [-0.4, -0.2) is 8.07 Å². The van der Waals surface area contributed by atoms with E-state index in [0.29, 0.717) is 0 Å². The van der Waals surface area contributed by atoms with Crippen LogP contribution in [0.15, 0.2) is 381 Å². The van der Waals surface area contributed by atoms with Gasteiger partial charge in [-0.05, 0) is 187 Å². The van der Waals surface area contributed by atoms with Crippen molar-refractivity contribution >= 4 is 23.6 Å². The zero-order chi connectivity index (χ0) is 70.2. The zero-order valence-electron chi connectivity index (χ0n) is 61.3. The maximum absolute atomic E-state index is 4.78. The average molecular weight is 1490 g/mol. The molecule has 1 aliphatic rings. The van der Waals surface area contributed by atoms with Gasteiger partial charge < -0.3 is 37.2 Å². The Morgan fingerprint density at radius 3 is 0.495 bits per heavy atom. The summed E-state index contributed by atoms with van der Waals surface area (Å²) in [5.41, 5.74) is 35.6. The van der Waals surface area contributed by atoms with Crippen LogP contribution in [-0.2, 0) is 21.7 Å². The fourth-order valence-electron chi connectivity index (χ4n) is 17.7. The third kappa shape index (κ3) is 13.2. The minimum Gasteiger partial charge on any atom is -1.00 e. The molecule has 15 aromatic rings. The second kappa shape index (κ2) is 32.7. The van der Waals surface area contributed by atoms with Gasteiger partial charge in [-0.15, -0.1) is 6.92 Å². The van der Waals surface area contributed by atoms with E-state index >= 15 is 0 Å². The van der Waals surface area contributed by atoms with E-state index < -0.39 is 13.1 Å². The second-order valence-corrected chi connectivity index (χ2v) is 31.8. The summed E-state index contributed by atoms with van der Waals surface area (Å²) in [5.74, 6) is 0. The summed E-state index contributed by atoms with van der Waals surface area (Å²) in [4.78, 5) is 0. The molecule has 0 fully saturated rings. The largest absolute Gasteiger partial charge is 4.00 e. The van der Waals surface area contributed by atoms with Crippen LogP contribution < -0.4 is 52.8 Å². The normalized spacial score (nSPS) is 13.1. The molecule has 0 saturated carbocycles. The van der Waals surface area contributed by atoms with Crippen molar-refractivity contribution in [3.63, 3.8) is 0 Å². The number of halogens is 3. The van der Waals surface area contributed by atoms with Crippen molar-refractivity contribution < 1.29 is 58.9 Å².